The van der Waals surface area contributed by atoms with Crippen LogP contribution in [0, 0.1) is 5.21 Å². The first-order chi connectivity index (χ1) is 16.2. The molecule has 33 heavy (non-hydrogen) atoms. The van der Waals surface area contributed by atoms with Crippen LogP contribution in [0.3, 0.4) is 0 Å². The Labute approximate surface area is 194 Å². The Kier molecular flexibility index (Phi) is 6.05. The molecule has 1 aliphatic carbocycles. The molecule has 5 nitrogen and oxygen atoms in total. The Morgan fingerprint density at radius 2 is 1.55 bits per heavy atom. The van der Waals surface area contributed by atoms with Gasteiger partial charge in [0.2, 0.25) is 5.91 Å². The molecule has 0 atom stereocenters. The van der Waals surface area contributed by atoms with E-state index < -0.39 is 5.91 Å². The Morgan fingerprint density at radius 1 is 0.909 bits per heavy atom. The van der Waals surface area contributed by atoms with Gasteiger partial charge in [0.15, 0.2) is 0 Å². The first-order valence-electron chi connectivity index (χ1n) is 11.5. The SMILES string of the molecule is O=C(c1ccncc1)N([O-])CCN1CCCCC1=C1c2ccccc2C=Cc2ccccc21. The molecule has 0 saturated carbocycles. The Morgan fingerprint density at radius 3 is 2.21 bits per heavy atom. The number of benzene rings is 2. The number of hydrogen-bond acceptors (Lipinski definition) is 4. The third-order valence-corrected chi connectivity index (χ3v) is 6.39. The van der Waals surface area contributed by atoms with Crippen molar-refractivity contribution in [1.82, 2.24) is 14.9 Å². The van der Waals surface area contributed by atoms with Gasteiger partial charge in [-0.05, 0) is 53.6 Å². The van der Waals surface area contributed by atoms with E-state index in [4.69, 9.17) is 0 Å². The highest BCUT2D eigenvalue weighted by Crippen LogP contribution is 2.39. The monoisotopic (exact) mass is 436 g/mol. The molecule has 5 heteroatoms. The first kappa shape index (κ1) is 21.2. The Balaban J connectivity index is 1.49. The summed E-state index contributed by atoms with van der Waals surface area (Å²) < 4.78 is 0. The molecule has 2 heterocycles. The van der Waals surface area contributed by atoms with Crippen LogP contribution in [0.5, 0.6) is 0 Å². The zero-order valence-electron chi connectivity index (χ0n) is 18.5. The number of amides is 1. The summed E-state index contributed by atoms with van der Waals surface area (Å²) in [6.07, 6.45) is 10.6. The predicted molar refractivity (Wildman–Crippen MR) is 132 cm³/mol. The molecular weight excluding hydrogens is 410 g/mol. The number of nitrogens with zero attached hydrogens (tertiary/aromatic N) is 3. The number of piperidine rings is 1. The van der Waals surface area contributed by atoms with Gasteiger partial charge < -0.3 is 15.2 Å². The molecule has 1 fully saturated rings. The lowest BCUT2D eigenvalue weighted by atomic mass is 9.89. The van der Waals surface area contributed by atoms with Crippen molar-refractivity contribution in [3.8, 4) is 0 Å². The van der Waals surface area contributed by atoms with E-state index in [0.717, 1.165) is 25.8 Å². The fourth-order valence-corrected chi connectivity index (χ4v) is 4.75. The third-order valence-electron chi connectivity index (χ3n) is 6.39. The average Bonchev–Trinajstić information content (AvgIpc) is 3.04. The van der Waals surface area contributed by atoms with Crippen LogP contribution >= 0.6 is 0 Å². The second-order valence-electron chi connectivity index (χ2n) is 8.42. The molecule has 0 bridgehead atoms. The van der Waals surface area contributed by atoms with E-state index in [1.165, 1.54) is 45.9 Å². The van der Waals surface area contributed by atoms with E-state index in [2.05, 4.69) is 70.6 Å². The lowest BCUT2D eigenvalue weighted by molar-refractivity contribution is 0.0810. The number of pyridine rings is 1. The maximum atomic E-state index is 12.6. The van der Waals surface area contributed by atoms with Crippen molar-refractivity contribution < 1.29 is 4.79 Å². The standard InChI is InChI=1S/C28H26N3O2/c32-28(23-14-16-29-17-15-23)31(33)20-19-30-18-6-5-11-26(30)27-24-9-3-1-7-21(24)12-13-22-8-2-4-10-25(22)27/h1-4,7-10,12-17H,5-6,11,18-20H2/q-1. The van der Waals surface area contributed by atoms with E-state index in [1.54, 1.807) is 12.1 Å². The fourth-order valence-electron chi connectivity index (χ4n) is 4.75. The van der Waals surface area contributed by atoms with E-state index in [-0.39, 0.29) is 6.54 Å². The van der Waals surface area contributed by atoms with Crippen molar-refractivity contribution in [3.63, 3.8) is 0 Å². The topological polar surface area (TPSA) is 59.5 Å². The molecule has 3 aromatic rings. The van der Waals surface area contributed by atoms with Gasteiger partial charge in [0.05, 0.1) is 0 Å². The van der Waals surface area contributed by atoms with Crippen LogP contribution in [0.25, 0.3) is 17.7 Å². The highest BCUT2D eigenvalue weighted by molar-refractivity contribution is 5.95. The fraction of sp³-hybridized carbons (Fsp3) is 0.214. The van der Waals surface area contributed by atoms with E-state index in [0.29, 0.717) is 17.2 Å². The van der Waals surface area contributed by atoms with Crippen molar-refractivity contribution in [3.05, 3.63) is 112 Å². The van der Waals surface area contributed by atoms with Crippen LogP contribution in [0.1, 0.15) is 51.9 Å². The number of carbonyl (C=O) groups is 1. The zero-order chi connectivity index (χ0) is 22.6. The third kappa shape index (κ3) is 4.32. The van der Waals surface area contributed by atoms with Gasteiger partial charge in [0.25, 0.3) is 0 Å². The summed E-state index contributed by atoms with van der Waals surface area (Å²) in [5.41, 5.74) is 7.69. The second-order valence-corrected chi connectivity index (χ2v) is 8.42. The Bertz CT molecular complexity index is 1170. The predicted octanol–water partition coefficient (Wildman–Crippen LogP) is 5.45. The molecule has 1 aliphatic heterocycles. The van der Waals surface area contributed by atoms with E-state index in [1.807, 2.05) is 0 Å². The minimum Gasteiger partial charge on any atom is -0.756 e. The molecule has 1 aromatic heterocycles. The van der Waals surface area contributed by atoms with Crippen LogP contribution in [-0.4, -0.2) is 40.5 Å². The highest BCUT2D eigenvalue weighted by Gasteiger charge is 2.24. The number of carbonyl (C=O) groups excluding carboxylic acids is 1. The van der Waals surface area contributed by atoms with Gasteiger partial charge >= 0.3 is 0 Å². The molecular formula is C28H26N3O2-. The molecule has 2 aliphatic rings. The second kappa shape index (κ2) is 9.43. The molecule has 1 amide bonds. The highest BCUT2D eigenvalue weighted by atomic mass is 16.5. The van der Waals surface area contributed by atoms with Crippen molar-refractivity contribution in [2.24, 2.45) is 0 Å². The smallest absolute Gasteiger partial charge is 0.243 e. The number of rotatable bonds is 4. The number of allylic oxidation sites excluding steroid dienone is 1. The number of likely N-dealkylation sites (tertiary alicyclic amines) is 1. The zero-order valence-corrected chi connectivity index (χ0v) is 18.5. The number of hydroxylamine groups is 2. The van der Waals surface area contributed by atoms with Gasteiger partial charge in [0.1, 0.15) is 0 Å². The van der Waals surface area contributed by atoms with Crippen molar-refractivity contribution in [1.29, 1.82) is 0 Å². The molecule has 2 aromatic carbocycles. The molecule has 0 unspecified atom stereocenters. The maximum absolute atomic E-state index is 12.6. The quantitative estimate of drug-likeness (QED) is 0.399. The summed E-state index contributed by atoms with van der Waals surface area (Å²) in [7, 11) is 0. The summed E-state index contributed by atoms with van der Waals surface area (Å²) in [5.74, 6) is -0.516. The van der Waals surface area contributed by atoms with Crippen LogP contribution in [0.4, 0.5) is 0 Å². The van der Waals surface area contributed by atoms with Gasteiger partial charge in [-0.15, -0.1) is 0 Å². The van der Waals surface area contributed by atoms with Crippen molar-refractivity contribution in [2.75, 3.05) is 19.6 Å². The van der Waals surface area contributed by atoms with Crippen LogP contribution in [-0.2, 0) is 0 Å². The normalized spacial score (nSPS) is 15.0. The van der Waals surface area contributed by atoms with Gasteiger partial charge in [-0.3, -0.25) is 9.78 Å². The number of aromatic nitrogens is 1. The minimum atomic E-state index is -0.516. The van der Waals surface area contributed by atoms with E-state index in [9.17, 15) is 10.0 Å². The largest absolute Gasteiger partial charge is 0.756 e. The summed E-state index contributed by atoms with van der Waals surface area (Å²) in [4.78, 5) is 18.7. The molecule has 0 spiro atoms. The van der Waals surface area contributed by atoms with Crippen molar-refractivity contribution >= 4 is 23.6 Å². The molecule has 1 saturated heterocycles. The van der Waals surface area contributed by atoms with Gasteiger partial charge in [0, 0.05) is 48.9 Å². The van der Waals surface area contributed by atoms with Crippen LogP contribution < -0.4 is 0 Å². The lowest BCUT2D eigenvalue weighted by Crippen LogP contribution is -2.37. The average molecular weight is 437 g/mol. The molecule has 166 valence electrons. The molecule has 0 radical (unpaired) electrons. The summed E-state index contributed by atoms with van der Waals surface area (Å²) in [6.45, 7) is 1.52. The van der Waals surface area contributed by atoms with Crippen molar-refractivity contribution in [2.45, 2.75) is 19.3 Å². The number of fused-ring (bicyclic) bond motifs is 2. The van der Waals surface area contributed by atoms with Crippen LogP contribution in [0.15, 0.2) is 78.8 Å². The van der Waals surface area contributed by atoms with Gasteiger partial charge in [-0.2, -0.15) is 0 Å². The van der Waals surface area contributed by atoms with Crippen LogP contribution in [0.2, 0.25) is 0 Å². The Hall–Kier alpha value is -3.70. The number of hydrogen-bond donors (Lipinski definition) is 0. The summed E-state index contributed by atoms with van der Waals surface area (Å²) in [5, 5.41) is 13.2. The molecule has 0 N–H and O–H groups in total. The first-order valence-corrected chi connectivity index (χ1v) is 11.5. The van der Waals surface area contributed by atoms with Gasteiger partial charge in [-0.25, -0.2) is 0 Å². The molecule has 5 rings (SSSR count). The maximum Gasteiger partial charge on any atom is 0.243 e. The van der Waals surface area contributed by atoms with Gasteiger partial charge in [-0.1, -0.05) is 60.7 Å². The summed E-state index contributed by atoms with van der Waals surface area (Å²) >= 11 is 0. The minimum absolute atomic E-state index is 0.124. The van der Waals surface area contributed by atoms with E-state index >= 15 is 0 Å². The summed E-state index contributed by atoms with van der Waals surface area (Å²) in [6, 6.07) is 20.1. The lowest BCUT2D eigenvalue weighted by Gasteiger charge is -2.37.